The van der Waals surface area contributed by atoms with Crippen molar-refractivity contribution in [3.05, 3.63) is 88.4 Å². The molecule has 2 aliphatic heterocycles. The van der Waals surface area contributed by atoms with Gasteiger partial charge in [-0.25, -0.2) is 5.01 Å². The van der Waals surface area contributed by atoms with E-state index in [0.29, 0.717) is 18.2 Å². The van der Waals surface area contributed by atoms with Crippen molar-refractivity contribution < 1.29 is 14.2 Å². The smallest absolute Gasteiger partial charge is 0.213 e. The number of rotatable bonds is 7. The molecule has 170 valence electrons. The molecule has 2 aliphatic rings. The number of ether oxygens (including phenoxy) is 3. The molecule has 0 radical (unpaired) electrons. The van der Waals surface area contributed by atoms with Crippen molar-refractivity contribution in [1.29, 1.82) is 0 Å². The molecule has 0 fully saturated rings. The summed E-state index contributed by atoms with van der Waals surface area (Å²) in [6.45, 7) is 5.44. The summed E-state index contributed by atoms with van der Waals surface area (Å²) in [5, 5.41) is 7.78. The second-order valence-corrected chi connectivity index (χ2v) is 8.61. The van der Waals surface area contributed by atoms with Crippen molar-refractivity contribution in [3.63, 3.8) is 0 Å². The number of hydrogen-bond donors (Lipinski definition) is 0. The van der Waals surface area contributed by atoms with Gasteiger partial charge in [-0.05, 0) is 85.6 Å². The van der Waals surface area contributed by atoms with E-state index in [4.69, 9.17) is 30.9 Å². The Bertz CT molecular complexity index is 1150. The van der Waals surface area contributed by atoms with Gasteiger partial charge in [-0.2, -0.15) is 5.10 Å². The monoisotopic (exact) mass is 462 g/mol. The quantitative estimate of drug-likeness (QED) is 0.388. The molecule has 0 aliphatic carbocycles. The molecule has 33 heavy (non-hydrogen) atoms. The maximum Gasteiger partial charge on any atom is 0.213 e. The van der Waals surface area contributed by atoms with Crippen LogP contribution in [-0.2, 0) is 0 Å². The molecule has 3 aromatic carbocycles. The third-order valence-corrected chi connectivity index (χ3v) is 6.12. The molecule has 5 rings (SSSR count). The minimum atomic E-state index is -0.330. The van der Waals surface area contributed by atoms with Crippen molar-refractivity contribution in [3.8, 4) is 17.2 Å². The maximum atomic E-state index is 6.44. The van der Waals surface area contributed by atoms with E-state index in [-0.39, 0.29) is 12.3 Å². The second kappa shape index (κ2) is 9.36. The number of benzene rings is 3. The van der Waals surface area contributed by atoms with Crippen LogP contribution < -0.4 is 14.2 Å². The number of hydrazone groups is 1. The van der Waals surface area contributed by atoms with Gasteiger partial charge >= 0.3 is 0 Å². The lowest BCUT2D eigenvalue weighted by Gasteiger charge is -2.38. The Morgan fingerprint density at radius 2 is 1.70 bits per heavy atom. The lowest BCUT2D eigenvalue weighted by atomic mass is 9.96. The molecule has 6 heteroatoms. The zero-order chi connectivity index (χ0) is 22.8. The predicted molar refractivity (Wildman–Crippen MR) is 130 cm³/mol. The molecule has 0 N–H and O–H groups in total. The molecular formula is C27H27ClN2O3. The Morgan fingerprint density at radius 1 is 0.970 bits per heavy atom. The average molecular weight is 463 g/mol. The molecular weight excluding hydrogens is 436 g/mol. The van der Waals surface area contributed by atoms with Gasteiger partial charge in [-0.1, -0.05) is 18.5 Å². The first kappa shape index (κ1) is 21.7. The molecule has 2 heterocycles. The first-order valence-electron chi connectivity index (χ1n) is 11.4. The molecule has 5 nitrogen and oxygen atoms in total. The van der Waals surface area contributed by atoms with Gasteiger partial charge in [0.2, 0.25) is 6.23 Å². The summed E-state index contributed by atoms with van der Waals surface area (Å²) in [7, 11) is 0. The van der Waals surface area contributed by atoms with Gasteiger partial charge in [0.05, 0.1) is 25.0 Å². The Balaban J connectivity index is 1.48. The van der Waals surface area contributed by atoms with E-state index in [9.17, 15) is 0 Å². The first-order valence-corrected chi connectivity index (χ1v) is 11.8. The zero-order valence-corrected chi connectivity index (χ0v) is 19.6. The van der Waals surface area contributed by atoms with E-state index in [1.807, 2.05) is 49.4 Å². The summed E-state index contributed by atoms with van der Waals surface area (Å²) in [5.41, 5.74) is 4.19. The highest BCUT2D eigenvalue weighted by atomic mass is 35.5. The fraction of sp³-hybridized carbons (Fsp3) is 0.296. The fourth-order valence-corrected chi connectivity index (χ4v) is 4.49. The van der Waals surface area contributed by atoms with Gasteiger partial charge in [0, 0.05) is 22.6 Å². The topological polar surface area (TPSA) is 43.3 Å². The molecule has 0 bridgehead atoms. The Hall–Kier alpha value is -3.18. The maximum absolute atomic E-state index is 6.44. The van der Waals surface area contributed by atoms with Crippen LogP contribution in [-0.4, -0.2) is 23.9 Å². The summed E-state index contributed by atoms with van der Waals surface area (Å²) in [6.07, 6.45) is 1.42. The molecule has 2 unspecified atom stereocenters. The third kappa shape index (κ3) is 4.38. The summed E-state index contributed by atoms with van der Waals surface area (Å²) < 4.78 is 17.8. The number of nitrogens with zero attached hydrogens (tertiary/aromatic N) is 2. The molecule has 0 amide bonds. The van der Waals surface area contributed by atoms with Crippen molar-refractivity contribution in [2.24, 2.45) is 5.10 Å². The third-order valence-electron chi connectivity index (χ3n) is 5.89. The Kier molecular flexibility index (Phi) is 6.14. The standard InChI is InChI=1S/C27H27ClN2O3/c1-3-15-32-22-12-7-19(8-13-22)27-30-25(23-16-20(28)9-14-26(23)33-27)17-24(29-30)18-5-10-21(11-6-18)31-4-2/h5-14,16,25,27H,3-4,15,17H2,1-2H3. The van der Waals surface area contributed by atoms with E-state index in [2.05, 4.69) is 36.2 Å². The van der Waals surface area contributed by atoms with Crippen LogP contribution in [0.4, 0.5) is 0 Å². The highest BCUT2D eigenvalue weighted by Gasteiger charge is 2.41. The van der Waals surface area contributed by atoms with Gasteiger partial charge in [0.25, 0.3) is 0 Å². The number of halogens is 1. The van der Waals surface area contributed by atoms with Crippen LogP contribution in [0.2, 0.25) is 5.02 Å². The van der Waals surface area contributed by atoms with Crippen LogP contribution in [0.3, 0.4) is 0 Å². The van der Waals surface area contributed by atoms with Crippen LogP contribution in [0, 0.1) is 0 Å². The lowest BCUT2D eigenvalue weighted by molar-refractivity contribution is -0.0190. The van der Waals surface area contributed by atoms with Gasteiger partial charge in [-0.15, -0.1) is 0 Å². The minimum absolute atomic E-state index is 0.0510. The first-order chi connectivity index (χ1) is 16.2. The van der Waals surface area contributed by atoms with Crippen LogP contribution in [0.1, 0.15) is 55.6 Å². The molecule has 0 spiro atoms. The van der Waals surface area contributed by atoms with Crippen molar-refractivity contribution >= 4 is 17.3 Å². The zero-order valence-electron chi connectivity index (χ0n) is 18.8. The van der Waals surface area contributed by atoms with Crippen LogP contribution in [0.5, 0.6) is 17.2 Å². The largest absolute Gasteiger partial charge is 0.494 e. The number of fused-ring (bicyclic) bond motifs is 3. The van der Waals surface area contributed by atoms with Crippen LogP contribution in [0.15, 0.2) is 71.8 Å². The number of hydrogen-bond acceptors (Lipinski definition) is 5. The molecule has 0 saturated carbocycles. The summed E-state index contributed by atoms with van der Waals surface area (Å²) in [6, 6.07) is 22.1. The van der Waals surface area contributed by atoms with E-state index in [0.717, 1.165) is 52.5 Å². The lowest BCUT2D eigenvalue weighted by Crippen LogP contribution is -2.33. The van der Waals surface area contributed by atoms with Crippen molar-refractivity contribution in [2.45, 2.75) is 39.0 Å². The average Bonchev–Trinajstić information content (AvgIpc) is 3.29. The second-order valence-electron chi connectivity index (χ2n) is 8.17. The summed E-state index contributed by atoms with van der Waals surface area (Å²) in [4.78, 5) is 0. The molecule has 0 aromatic heterocycles. The molecule has 0 saturated heterocycles. The molecule has 2 atom stereocenters. The Morgan fingerprint density at radius 3 is 2.42 bits per heavy atom. The van der Waals surface area contributed by atoms with E-state index in [1.165, 1.54) is 0 Å². The van der Waals surface area contributed by atoms with Gasteiger partial charge in [0.1, 0.15) is 17.2 Å². The van der Waals surface area contributed by atoms with Crippen molar-refractivity contribution in [2.75, 3.05) is 13.2 Å². The van der Waals surface area contributed by atoms with Crippen LogP contribution >= 0.6 is 11.6 Å². The van der Waals surface area contributed by atoms with Crippen LogP contribution in [0.25, 0.3) is 0 Å². The van der Waals surface area contributed by atoms with E-state index >= 15 is 0 Å². The minimum Gasteiger partial charge on any atom is -0.494 e. The summed E-state index contributed by atoms with van der Waals surface area (Å²) >= 11 is 6.34. The predicted octanol–water partition coefficient (Wildman–Crippen LogP) is 6.77. The SMILES string of the molecule is CCCOc1ccc(C2Oc3ccc(Cl)cc3C3CC(c4ccc(OCC)cc4)=NN32)cc1. The highest BCUT2D eigenvalue weighted by molar-refractivity contribution is 6.30. The van der Waals surface area contributed by atoms with E-state index < -0.39 is 0 Å². The summed E-state index contributed by atoms with van der Waals surface area (Å²) in [5.74, 6) is 2.57. The normalized spacial score (nSPS) is 18.8. The molecule has 3 aromatic rings. The van der Waals surface area contributed by atoms with Gasteiger partial charge in [-0.3, -0.25) is 0 Å². The van der Waals surface area contributed by atoms with Crippen molar-refractivity contribution in [1.82, 2.24) is 5.01 Å². The van der Waals surface area contributed by atoms with Gasteiger partial charge < -0.3 is 14.2 Å². The Labute approximate surface area is 199 Å². The van der Waals surface area contributed by atoms with Gasteiger partial charge in [0.15, 0.2) is 0 Å². The highest BCUT2D eigenvalue weighted by Crippen LogP contribution is 2.48. The van der Waals surface area contributed by atoms with E-state index in [1.54, 1.807) is 0 Å². The fourth-order valence-electron chi connectivity index (χ4n) is 4.31.